The molecular weight excluding hydrogens is 356 g/mol. The van der Waals surface area contributed by atoms with Gasteiger partial charge in [0.2, 0.25) is 0 Å². The van der Waals surface area contributed by atoms with Crippen molar-refractivity contribution >= 4 is 18.0 Å². The monoisotopic (exact) mass is 375 g/mol. The molecule has 0 heterocycles. The van der Waals surface area contributed by atoms with Gasteiger partial charge in [0.05, 0.1) is 13.2 Å². The molecule has 2 aromatic rings. The molecule has 7 heteroatoms. The summed E-state index contributed by atoms with van der Waals surface area (Å²) < 4.78 is 36.5. The molecule has 0 radical (unpaired) electrons. The van der Waals surface area contributed by atoms with Gasteiger partial charge >= 0.3 is 5.97 Å². The first-order valence-electron chi connectivity index (χ1n) is 8.12. The van der Waals surface area contributed by atoms with Crippen LogP contribution in [0.1, 0.15) is 24.1 Å². The van der Waals surface area contributed by atoms with Gasteiger partial charge in [0.25, 0.3) is 5.91 Å². The van der Waals surface area contributed by atoms with Crippen LogP contribution < -0.4 is 10.1 Å². The van der Waals surface area contributed by atoms with Crippen molar-refractivity contribution in [3.8, 4) is 5.75 Å². The largest absolute Gasteiger partial charge is 0.497 e. The van der Waals surface area contributed by atoms with Crippen molar-refractivity contribution in [1.29, 1.82) is 0 Å². The highest BCUT2D eigenvalue weighted by Crippen LogP contribution is 2.17. The van der Waals surface area contributed by atoms with Gasteiger partial charge in [-0.3, -0.25) is 4.79 Å². The molecule has 0 saturated heterocycles. The molecule has 0 spiro atoms. The summed E-state index contributed by atoms with van der Waals surface area (Å²) in [4.78, 5) is 23.5. The van der Waals surface area contributed by atoms with Crippen LogP contribution in [0.25, 0.3) is 6.08 Å². The van der Waals surface area contributed by atoms with E-state index in [2.05, 4.69) is 5.32 Å². The van der Waals surface area contributed by atoms with Gasteiger partial charge in [-0.15, -0.1) is 0 Å². The van der Waals surface area contributed by atoms with E-state index < -0.39 is 36.2 Å². The maximum Gasteiger partial charge on any atom is 0.331 e. The third kappa shape index (κ3) is 6.22. The number of amides is 1. The number of methoxy groups -OCH3 is 1. The highest BCUT2D eigenvalue weighted by molar-refractivity contribution is 5.89. The van der Waals surface area contributed by atoms with Gasteiger partial charge < -0.3 is 14.8 Å². The molecule has 2 rings (SSSR count). The third-order valence-electron chi connectivity index (χ3n) is 3.66. The number of carbonyl (C=O) groups excluding carboxylic acids is 2. The second-order valence-corrected chi connectivity index (χ2v) is 5.67. The number of ether oxygens (including phenoxy) is 2. The number of benzene rings is 2. The molecule has 142 valence electrons. The van der Waals surface area contributed by atoms with Crippen molar-refractivity contribution in [1.82, 2.24) is 5.32 Å². The number of rotatable bonds is 7. The molecule has 0 unspecified atom stereocenters. The Labute approximate surface area is 155 Å². The zero-order valence-electron chi connectivity index (χ0n) is 14.9. The predicted molar refractivity (Wildman–Crippen MR) is 95.9 cm³/mol. The van der Waals surface area contributed by atoms with Crippen molar-refractivity contribution in [2.75, 3.05) is 13.7 Å². The van der Waals surface area contributed by atoms with E-state index in [-0.39, 0.29) is 5.56 Å². The van der Waals surface area contributed by atoms with Gasteiger partial charge in [-0.05, 0) is 36.8 Å². The van der Waals surface area contributed by atoms with Gasteiger partial charge in [0, 0.05) is 17.7 Å². The maximum atomic E-state index is 13.7. The lowest BCUT2D eigenvalue weighted by atomic mass is 10.1. The van der Waals surface area contributed by atoms with Crippen LogP contribution >= 0.6 is 0 Å². The van der Waals surface area contributed by atoms with Crippen molar-refractivity contribution < 1.29 is 27.8 Å². The Balaban J connectivity index is 1.83. The van der Waals surface area contributed by atoms with Crippen LogP contribution in [-0.4, -0.2) is 25.6 Å². The summed E-state index contributed by atoms with van der Waals surface area (Å²) in [6.45, 7) is 1.02. The summed E-state index contributed by atoms with van der Waals surface area (Å²) in [5.74, 6) is -2.12. The SMILES string of the molecule is COc1cccc(/C=C/C(=O)OCC(=O)N[C@@H](C)c2ccc(F)cc2F)c1. The standard InChI is InChI=1S/C20H19F2NO4/c1-13(17-8-7-15(21)11-18(17)22)23-19(24)12-27-20(25)9-6-14-4-3-5-16(10-14)26-2/h3-11,13H,12H2,1-2H3,(H,23,24)/b9-6+/t13-/m0/s1. The lowest BCUT2D eigenvalue weighted by Gasteiger charge is -2.15. The van der Waals surface area contributed by atoms with Gasteiger partial charge in [-0.2, -0.15) is 0 Å². The van der Waals surface area contributed by atoms with Crippen molar-refractivity contribution in [3.63, 3.8) is 0 Å². The van der Waals surface area contributed by atoms with Gasteiger partial charge in [0.1, 0.15) is 17.4 Å². The lowest BCUT2D eigenvalue weighted by Crippen LogP contribution is -2.31. The highest BCUT2D eigenvalue weighted by atomic mass is 19.1. The fraction of sp³-hybridized carbons (Fsp3) is 0.200. The van der Waals surface area contributed by atoms with Gasteiger partial charge in [0.15, 0.2) is 6.61 Å². The second kappa shape index (κ2) is 9.47. The van der Waals surface area contributed by atoms with Crippen LogP contribution in [0.4, 0.5) is 8.78 Å². The summed E-state index contributed by atoms with van der Waals surface area (Å²) in [6.07, 6.45) is 2.71. The fourth-order valence-electron chi connectivity index (χ4n) is 2.31. The first-order valence-corrected chi connectivity index (χ1v) is 8.12. The molecule has 27 heavy (non-hydrogen) atoms. The zero-order valence-corrected chi connectivity index (χ0v) is 14.9. The summed E-state index contributed by atoms with van der Waals surface area (Å²) in [7, 11) is 1.54. The Hall–Kier alpha value is -3.22. The van der Waals surface area contributed by atoms with E-state index in [9.17, 15) is 18.4 Å². The minimum absolute atomic E-state index is 0.133. The van der Waals surface area contributed by atoms with E-state index in [1.165, 1.54) is 25.3 Å². The maximum absolute atomic E-state index is 13.7. The summed E-state index contributed by atoms with van der Waals surface area (Å²) >= 11 is 0. The molecule has 0 saturated carbocycles. The van der Waals surface area contributed by atoms with Crippen LogP contribution in [0.5, 0.6) is 5.75 Å². The number of nitrogens with one attached hydrogen (secondary N) is 1. The van der Waals surface area contributed by atoms with Crippen molar-refractivity contribution in [2.45, 2.75) is 13.0 Å². The Morgan fingerprint density at radius 2 is 1.96 bits per heavy atom. The van der Waals surface area contributed by atoms with E-state index >= 15 is 0 Å². The zero-order chi connectivity index (χ0) is 19.8. The van der Waals surface area contributed by atoms with E-state index in [1.54, 1.807) is 31.2 Å². The molecule has 0 fully saturated rings. The molecule has 0 bridgehead atoms. The molecule has 1 atom stereocenters. The Kier molecular flexibility index (Phi) is 7.05. The minimum atomic E-state index is -0.763. The number of hydrogen-bond acceptors (Lipinski definition) is 4. The van der Waals surface area contributed by atoms with Crippen LogP contribution in [0.3, 0.4) is 0 Å². The Bertz CT molecular complexity index is 852. The van der Waals surface area contributed by atoms with E-state index in [4.69, 9.17) is 9.47 Å². The first kappa shape index (κ1) is 20.1. The number of carbonyl (C=O) groups is 2. The van der Waals surface area contributed by atoms with Gasteiger partial charge in [-0.1, -0.05) is 18.2 Å². The summed E-state index contributed by atoms with van der Waals surface area (Å²) in [6, 6.07) is 9.43. The van der Waals surface area contributed by atoms with Crippen LogP contribution in [0.15, 0.2) is 48.5 Å². The average molecular weight is 375 g/mol. The lowest BCUT2D eigenvalue weighted by molar-refractivity contribution is -0.144. The molecule has 0 aromatic heterocycles. The normalized spacial score (nSPS) is 11.9. The fourth-order valence-corrected chi connectivity index (χ4v) is 2.31. The molecule has 0 aliphatic heterocycles. The van der Waals surface area contributed by atoms with E-state index in [0.29, 0.717) is 5.75 Å². The Morgan fingerprint density at radius 3 is 2.67 bits per heavy atom. The quantitative estimate of drug-likeness (QED) is 0.595. The third-order valence-corrected chi connectivity index (χ3v) is 3.66. The second-order valence-electron chi connectivity index (χ2n) is 5.67. The predicted octanol–water partition coefficient (Wildman–Crippen LogP) is 3.41. The topological polar surface area (TPSA) is 64.6 Å². The average Bonchev–Trinajstić information content (AvgIpc) is 2.64. The van der Waals surface area contributed by atoms with Crippen molar-refractivity contribution in [2.24, 2.45) is 0 Å². The summed E-state index contributed by atoms with van der Waals surface area (Å²) in [5, 5.41) is 2.48. The number of esters is 1. The molecule has 2 aromatic carbocycles. The highest BCUT2D eigenvalue weighted by Gasteiger charge is 2.15. The molecule has 1 amide bonds. The molecular formula is C20H19F2NO4. The smallest absolute Gasteiger partial charge is 0.331 e. The molecule has 0 aliphatic rings. The van der Waals surface area contributed by atoms with Gasteiger partial charge in [-0.25, -0.2) is 13.6 Å². The molecule has 5 nitrogen and oxygen atoms in total. The number of hydrogen-bond donors (Lipinski definition) is 1. The van der Waals surface area contributed by atoms with E-state index in [0.717, 1.165) is 17.7 Å². The van der Waals surface area contributed by atoms with Crippen LogP contribution in [0.2, 0.25) is 0 Å². The molecule has 0 aliphatic carbocycles. The molecule has 1 N–H and O–H groups in total. The van der Waals surface area contributed by atoms with Crippen LogP contribution in [-0.2, 0) is 14.3 Å². The van der Waals surface area contributed by atoms with E-state index in [1.807, 2.05) is 0 Å². The number of halogens is 2. The Morgan fingerprint density at radius 1 is 1.19 bits per heavy atom. The summed E-state index contributed by atoms with van der Waals surface area (Å²) in [5.41, 5.74) is 0.866. The minimum Gasteiger partial charge on any atom is -0.497 e. The van der Waals surface area contributed by atoms with Crippen molar-refractivity contribution in [3.05, 3.63) is 71.3 Å². The first-order chi connectivity index (χ1) is 12.9. The van der Waals surface area contributed by atoms with Crippen LogP contribution in [0, 0.1) is 11.6 Å².